The molecule has 0 saturated carbocycles. The highest BCUT2D eigenvalue weighted by molar-refractivity contribution is 7.12. The van der Waals surface area contributed by atoms with E-state index in [1.165, 1.54) is 18.4 Å². The van der Waals surface area contributed by atoms with E-state index in [-0.39, 0.29) is 11.8 Å². The SMILES string of the molecule is COc1ccc(C(=O)Nc2ccc3c(c2)N(C(=O)c2cccs2)CC3)c(OC)c1. The van der Waals surface area contributed by atoms with Gasteiger partial charge in [-0.05, 0) is 47.7 Å². The van der Waals surface area contributed by atoms with Crippen molar-refractivity contribution in [3.05, 3.63) is 69.9 Å². The van der Waals surface area contributed by atoms with Crippen LogP contribution in [-0.2, 0) is 6.42 Å². The Labute approximate surface area is 172 Å². The molecule has 1 N–H and O–H groups in total. The van der Waals surface area contributed by atoms with Crippen LogP contribution in [0.15, 0.2) is 53.9 Å². The van der Waals surface area contributed by atoms with Gasteiger partial charge in [-0.15, -0.1) is 11.3 Å². The Kier molecular flexibility index (Phi) is 5.22. The third-order valence-electron chi connectivity index (χ3n) is 4.87. The number of benzene rings is 2. The first-order valence-electron chi connectivity index (χ1n) is 9.12. The zero-order chi connectivity index (χ0) is 20.4. The van der Waals surface area contributed by atoms with Gasteiger partial charge in [0.2, 0.25) is 0 Å². The van der Waals surface area contributed by atoms with Crippen LogP contribution in [0.5, 0.6) is 11.5 Å². The fraction of sp³-hybridized carbons (Fsp3) is 0.182. The number of rotatable bonds is 5. The molecule has 0 bridgehead atoms. The number of fused-ring (bicyclic) bond motifs is 1. The lowest BCUT2D eigenvalue weighted by molar-refractivity contribution is 0.0991. The van der Waals surface area contributed by atoms with E-state index >= 15 is 0 Å². The van der Waals surface area contributed by atoms with Crippen molar-refractivity contribution in [3.8, 4) is 11.5 Å². The van der Waals surface area contributed by atoms with Gasteiger partial charge in [-0.2, -0.15) is 0 Å². The van der Waals surface area contributed by atoms with Crippen molar-refractivity contribution >= 4 is 34.5 Å². The average molecular weight is 408 g/mol. The van der Waals surface area contributed by atoms with E-state index in [1.807, 2.05) is 35.7 Å². The van der Waals surface area contributed by atoms with Crippen LogP contribution >= 0.6 is 11.3 Å². The molecule has 0 radical (unpaired) electrons. The number of ether oxygens (including phenoxy) is 2. The first-order chi connectivity index (χ1) is 14.1. The normalized spacial score (nSPS) is 12.4. The van der Waals surface area contributed by atoms with E-state index in [0.29, 0.717) is 34.2 Å². The third kappa shape index (κ3) is 3.69. The van der Waals surface area contributed by atoms with Gasteiger partial charge in [-0.3, -0.25) is 9.59 Å². The molecule has 2 amide bonds. The summed E-state index contributed by atoms with van der Waals surface area (Å²) in [6, 6.07) is 14.4. The quantitative estimate of drug-likeness (QED) is 0.686. The summed E-state index contributed by atoms with van der Waals surface area (Å²) < 4.78 is 10.5. The van der Waals surface area contributed by atoms with Gasteiger partial charge in [0.05, 0.1) is 24.7 Å². The number of anilines is 2. The van der Waals surface area contributed by atoms with Crippen molar-refractivity contribution in [2.75, 3.05) is 31.0 Å². The van der Waals surface area contributed by atoms with Crippen LogP contribution in [0.2, 0.25) is 0 Å². The monoisotopic (exact) mass is 408 g/mol. The summed E-state index contributed by atoms with van der Waals surface area (Å²) in [5.41, 5.74) is 2.95. The molecule has 2 heterocycles. The number of methoxy groups -OCH3 is 2. The molecule has 0 spiro atoms. The standard InChI is InChI=1S/C22H20N2O4S/c1-27-16-7-8-17(19(13-16)28-2)21(25)23-15-6-5-14-9-10-24(18(14)12-15)22(26)20-4-3-11-29-20/h3-8,11-13H,9-10H2,1-2H3,(H,23,25). The number of amides is 2. The summed E-state index contributed by atoms with van der Waals surface area (Å²) in [5.74, 6) is 0.730. The molecule has 148 valence electrons. The Hall–Kier alpha value is -3.32. The van der Waals surface area contributed by atoms with Crippen LogP contribution in [0.1, 0.15) is 25.6 Å². The number of nitrogens with one attached hydrogen (secondary N) is 1. The predicted octanol–water partition coefficient (Wildman–Crippen LogP) is 4.22. The molecule has 2 aromatic carbocycles. The van der Waals surface area contributed by atoms with Crippen molar-refractivity contribution in [3.63, 3.8) is 0 Å². The van der Waals surface area contributed by atoms with E-state index < -0.39 is 0 Å². The van der Waals surface area contributed by atoms with Crippen LogP contribution in [0.3, 0.4) is 0 Å². The number of carbonyl (C=O) groups excluding carboxylic acids is 2. The van der Waals surface area contributed by atoms with Gasteiger partial charge in [0, 0.05) is 24.0 Å². The molecule has 0 fully saturated rings. The highest BCUT2D eigenvalue weighted by atomic mass is 32.1. The van der Waals surface area contributed by atoms with Crippen LogP contribution < -0.4 is 19.7 Å². The summed E-state index contributed by atoms with van der Waals surface area (Å²) in [5, 5.41) is 4.79. The van der Waals surface area contributed by atoms with Gasteiger partial charge in [0.15, 0.2) is 0 Å². The molecule has 0 atom stereocenters. The minimum Gasteiger partial charge on any atom is -0.497 e. The highest BCUT2D eigenvalue weighted by Gasteiger charge is 2.26. The van der Waals surface area contributed by atoms with E-state index in [4.69, 9.17) is 9.47 Å². The summed E-state index contributed by atoms with van der Waals surface area (Å²) in [6.45, 7) is 0.635. The van der Waals surface area contributed by atoms with Crippen molar-refractivity contribution in [2.45, 2.75) is 6.42 Å². The molecule has 7 heteroatoms. The van der Waals surface area contributed by atoms with Crippen LogP contribution in [0.4, 0.5) is 11.4 Å². The van der Waals surface area contributed by atoms with Crippen LogP contribution in [-0.4, -0.2) is 32.6 Å². The topological polar surface area (TPSA) is 67.9 Å². The van der Waals surface area contributed by atoms with Gasteiger partial charge < -0.3 is 19.7 Å². The van der Waals surface area contributed by atoms with Crippen molar-refractivity contribution in [1.82, 2.24) is 0 Å². The molecule has 0 unspecified atom stereocenters. The lowest BCUT2D eigenvalue weighted by Crippen LogP contribution is -2.28. The van der Waals surface area contributed by atoms with Gasteiger partial charge in [0.25, 0.3) is 11.8 Å². The maximum Gasteiger partial charge on any atom is 0.268 e. The first-order valence-corrected chi connectivity index (χ1v) is 10.0. The molecular formula is C22H20N2O4S. The van der Waals surface area contributed by atoms with Crippen molar-refractivity contribution < 1.29 is 19.1 Å². The maximum atomic E-state index is 12.8. The third-order valence-corrected chi connectivity index (χ3v) is 5.73. The Balaban J connectivity index is 1.58. The maximum absolute atomic E-state index is 12.8. The van der Waals surface area contributed by atoms with E-state index in [2.05, 4.69) is 5.32 Å². The number of nitrogens with zero attached hydrogens (tertiary/aromatic N) is 1. The molecule has 1 aromatic heterocycles. The van der Waals surface area contributed by atoms with E-state index in [0.717, 1.165) is 17.7 Å². The Morgan fingerprint density at radius 3 is 2.66 bits per heavy atom. The minimum absolute atomic E-state index is 0.0148. The summed E-state index contributed by atoms with van der Waals surface area (Å²) in [7, 11) is 3.07. The van der Waals surface area contributed by atoms with Crippen molar-refractivity contribution in [1.29, 1.82) is 0 Å². The lowest BCUT2D eigenvalue weighted by Gasteiger charge is -2.17. The number of thiophene rings is 1. The second-order valence-corrected chi connectivity index (χ2v) is 7.50. The Bertz CT molecular complexity index is 1060. The first kappa shape index (κ1) is 19.0. The summed E-state index contributed by atoms with van der Waals surface area (Å²) >= 11 is 1.43. The number of hydrogen-bond acceptors (Lipinski definition) is 5. The second kappa shape index (κ2) is 7.97. The molecule has 1 aliphatic rings. The second-order valence-electron chi connectivity index (χ2n) is 6.55. The van der Waals surface area contributed by atoms with E-state index in [9.17, 15) is 9.59 Å². The molecule has 6 nitrogen and oxygen atoms in total. The molecular weight excluding hydrogens is 388 g/mol. The molecule has 0 aliphatic carbocycles. The minimum atomic E-state index is -0.293. The zero-order valence-corrected chi connectivity index (χ0v) is 16.9. The summed E-state index contributed by atoms with van der Waals surface area (Å²) in [4.78, 5) is 28.0. The molecule has 29 heavy (non-hydrogen) atoms. The number of carbonyl (C=O) groups is 2. The number of hydrogen-bond donors (Lipinski definition) is 1. The Morgan fingerprint density at radius 2 is 1.93 bits per heavy atom. The zero-order valence-electron chi connectivity index (χ0n) is 16.1. The van der Waals surface area contributed by atoms with Crippen molar-refractivity contribution in [2.24, 2.45) is 0 Å². The largest absolute Gasteiger partial charge is 0.497 e. The molecule has 3 aromatic rings. The predicted molar refractivity (Wildman–Crippen MR) is 114 cm³/mol. The fourth-order valence-electron chi connectivity index (χ4n) is 3.39. The molecule has 0 saturated heterocycles. The average Bonchev–Trinajstić information content (AvgIpc) is 3.42. The Morgan fingerprint density at radius 1 is 1.07 bits per heavy atom. The summed E-state index contributed by atoms with van der Waals surface area (Å²) in [6.07, 6.45) is 0.799. The molecule has 1 aliphatic heterocycles. The van der Waals surface area contributed by atoms with Gasteiger partial charge in [0.1, 0.15) is 11.5 Å². The smallest absolute Gasteiger partial charge is 0.268 e. The van der Waals surface area contributed by atoms with Crippen LogP contribution in [0.25, 0.3) is 0 Å². The van der Waals surface area contributed by atoms with Gasteiger partial charge in [-0.25, -0.2) is 0 Å². The van der Waals surface area contributed by atoms with Gasteiger partial charge in [-0.1, -0.05) is 12.1 Å². The molecule has 4 rings (SSSR count). The lowest BCUT2D eigenvalue weighted by atomic mass is 10.1. The fourth-order valence-corrected chi connectivity index (χ4v) is 4.06. The van der Waals surface area contributed by atoms with Gasteiger partial charge >= 0.3 is 0 Å². The van der Waals surface area contributed by atoms with E-state index in [1.54, 1.807) is 30.2 Å². The highest BCUT2D eigenvalue weighted by Crippen LogP contribution is 2.33. The van der Waals surface area contributed by atoms with Crippen LogP contribution in [0, 0.1) is 0 Å².